The molecule has 412 valence electrons. The zero-order valence-electron chi connectivity index (χ0n) is 47.0. The molecule has 3 atom stereocenters. The van der Waals surface area contributed by atoms with E-state index < -0.39 is 20.0 Å². The van der Waals surface area contributed by atoms with Gasteiger partial charge in [0.1, 0.15) is 19.3 Å². The van der Waals surface area contributed by atoms with Crippen LogP contribution in [0.1, 0.15) is 252 Å². The Morgan fingerprint density at radius 1 is 0.507 bits per heavy atom. The minimum atomic E-state index is -4.45. The Bertz CT molecular complexity index is 1450. The number of carbonyl (C=O) groups is 2. The predicted molar refractivity (Wildman–Crippen MR) is 305 cm³/mol. The van der Waals surface area contributed by atoms with Crippen LogP contribution in [-0.2, 0) is 27.9 Å². The number of unbranched alkanes of at least 4 members (excludes halogenated alkanes) is 26. The molecule has 0 fully saturated rings. The lowest BCUT2D eigenvalue weighted by atomic mass is 10.0. The summed E-state index contributed by atoms with van der Waals surface area (Å²) in [5, 5.41) is 3.04. The minimum absolute atomic E-state index is 0.0336. The Hall–Kier alpha value is -2.55. The minimum Gasteiger partial charge on any atom is -0.456 e. The van der Waals surface area contributed by atoms with E-state index in [-0.39, 0.29) is 31.5 Å². The number of carbonyl (C=O) groups excluding carboxylic acids is 2. The fourth-order valence-electron chi connectivity index (χ4n) is 8.10. The smallest absolute Gasteiger partial charge is 0.456 e. The summed E-state index contributed by atoms with van der Waals surface area (Å²) in [5.74, 6) is -0.530. The van der Waals surface area contributed by atoms with Crippen molar-refractivity contribution in [3.63, 3.8) is 0 Å². The van der Waals surface area contributed by atoms with E-state index >= 15 is 0 Å². The number of phosphoric acid groups is 1. The number of quaternary nitrogens is 1. The number of allylic oxidation sites excluding steroid dienone is 11. The Kier molecular flexibility index (Phi) is 49.1. The molecule has 2 N–H and O–H groups in total. The van der Waals surface area contributed by atoms with Gasteiger partial charge < -0.3 is 19.4 Å². The molecule has 0 aliphatic heterocycles. The van der Waals surface area contributed by atoms with Crippen LogP contribution in [0.3, 0.4) is 0 Å². The standard InChI is InChI=1S/C61H111N2O7P/c1-7-10-13-16-19-22-25-28-30-32-34-36-39-42-45-48-51-54-61(65)70-59(52-49-46-43-40-37-27-24-21-18-15-12-9-3)58(57-69-71(66,67)68-56-55-63(4,5)6)62-60(64)53-50-47-44-41-38-35-33-31-29-26-23-20-17-14-11-8-2/h11,14,19-20,22-23,28-31,49,52,58-59H,7-10,12-13,15-18,21,24-27,32-48,50-51,53-57H2,1-6H3,(H-,62,64,66,67)/p+1/b14-11+,22-19-,23-20+,30-28-,31-29+,52-49+. The van der Waals surface area contributed by atoms with E-state index in [0.717, 1.165) is 109 Å². The van der Waals surface area contributed by atoms with Gasteiger partial charge in [-0.15, -0.1) is 0 Å². The first-order chi connectivity index (χ1) is 34.4. The van der Waals surface area contributed by atoms with Crippen molar-refractivity contribution in [2.45, 2.75) is 264 Å². The maximum absolute atomic E-state index is 13.5. The van der Waals surface area contributed by atoms with Gasteiger partial charge in [-0.05, 0) is 96.0 Å². The molecule has 71 heavy (non-hydrogen) atoms. The van der Waals surface area contributed by atoms with E-state index in [9.17, 15) is 19.0 Å². The summed E-state index contributed by atoms with van der Waals surface area (Å²) < 4.78 is 30.6. The highest BCUT2D eigenvalue weighted by Gasteiger charge is 2.30. The lowest BCUT2D eigenvalue weighted by molar-refractivity contribution is -0.870. The molecule has 0 saturated heterocycles. The number of amides is 1. The van der Waals surface area contributed by atoms with Crippen LogP contribution in [0.2, 0.25) is 0 Å². The summed E-state index contributed by atoms with van der Waals surface area (Å²) in [5.41, 5.74) is 0. The number of nitrogens with zero attached hydrogens (tertiary/aromatic N) is 1. The third-order valence-corrected chi connectivity index (χ3v) is 13.6. The topological polar surface area (TPSA) is 111 Å². The molecule has 0 radical (unpaired) electrons. The molecule has 3 unspecified atom stereocenters. The van der Waals surface area contributed by atoms with E-state index in [2.05, 4.69) is 86.8 Å². The largest absolute Gasteiger partial charge is 0.472 e. The summed E-state index contributed by atoms with van der Waals surface area (Å²) in [6.07, 6.45) is 64.6. The first-order valence-corrected chi connectivity index (χ1v) is 30.8. The maximum atomic E-state index is 13.5. The molecule has 9 nitrogen and oxygen atoms in total. The van der Waals surface area contributed by atoms with Crippen molar-refractivity contribution in [2.24, 2.45) is 0 Å². The van der Waals surface area contributed by atoms with E-state index in [1.165, 1.54) is 109 Å². The van der Waals surface area contributed by atoms with Crippen LogP contribution in [0, 0.1) is 0 Å². The van der Waals surface area contributed by atoms with Crippen molar-refractivity contribution in [3.05, 3.63) is 72.9 Å². The summed E-state index contributed by atoms with van der Waals surface area (Å²) in [7, 11) is 1.48. The average Bonchev–Trinajstić information content (AvgIpc) is 3.33. The third kappa shape index (κ3) is 52.1. The molecule has 1 amide bonds. The molecule has 0 saturated carbocycles. The van der Waals surface area contributed by atoms with Crippen LogP contribution < -0.4 is 5.32 Å². The second-order valence-corrected chi connectivity index (χ2v) is 22.2. The summed E-state index contributed by atoms with van der Waals surface area (Å²) >= 11 is 0. The number of ether oxygens (including phenoxy) is 1. The van der Waals surface area contributed by atoms with Crippen molar-refractivity contribution >= 4 is 19.7 Å². The lowest BCUT2D eigenvalue weighted by Gasteiger charge is -2.27. The van der Waals surface area contributed by atoms with Gasteiger partial charge in [-0.25, -0.2) is 4.57 Å². The molecule has 0 aromatic carbocycles. The number of esters is 1. The Morgan fingerprint density at radius 3 is 1.38 bits per heavy atom. The molecule has 10 heteroatoms. The van der Waals surface area contributed by atoms with Crippen LogP contribution in [-0.4, -0.2) is 74.3 Å². The quantitative estimate of drug-likeness (QED) is 0.0205. The van der Waals surface area contributed by atoms with Gasteiger partial charge in [0.25, 0.3) is 0 Å². The van der Waals surface area contributed by atoms with Gasteiger partial charge in [-0.2, -0.15) is 0 Å². The third-order valence-electron chi connectivity index (χ3n) is 12.6. The summed E-state index contributed by atoms with van der Waals surface area (Å²) in [6.45, 7) is 6.86. The predicted octanol–water partition coefficient (Wildman–Crippen LogP) is 17.7. The van der Waals surface area contributed by atoms with Crippen molar-refractivity contribution < 1.29 is 37.3 Å². The monoisotopic (exact) mass is 1020 g/mol. The Balaban J connectivity index is 5.36. The molecule has 0 spiro atoms. The van der Waals surface area contributed by atoms with Gasteiger partial charge in [0.05, 0.1) is 33.8 Å². The highest BCUT2D eigenvalue weighted by Crippen LogP contribution is 2.43. The zero-order chi connectivity index (χ0) is 52.2. The fourth-order valence-corrected chi connectivity index (χ4v) is 8.84. The number of hydrogen-bond acceptors (Lipinski definition) is 6. The molecule has 0 aliphatic carbocycles. The van der Waals surface area contributed by atoms with Gasteiger partial charge in [0.2, 0.25) is 5.91 Å². The summed E-state index contributed by atoms with van der Waals surface area (Å²) in [6, 6.07) is -0.860. The number of likely N-dealkylation sites (N-methyl/N-ethyl adjacent to an activating group) is 1. The first kappa shape index (κ1) is 68.5. The van der Waals surface area contributed by atoms with Gasteiger partial charge >= 0.3 is 13.8 Å². The van der Waals surface area contributed by atoms with Crippen molar-refractivity contribution in [3.8, 4) is 0 Å². The van der Waals surface area contributed by atoms with Gasteiger partial charge in [-0.3, -0.25) is 18.6 Å². The number of nitrogens with one attached hydrogen (secondary N) is 1. The van der Waals surface area contributed by atoms with Crippen LogP contribution in [0.25, 0.3) is 0 Å². The SMILES string of the molecule is CC/C=C/C/C=C/C/C=C/CCCCCCCCC(=O)NC(COP(=O)(O)OCC[N+](C)(C)C)C(/C=C/CCCCCCCCCCCC)OC(=O)CCCCCCCCC/C=C\C/C=C\CCCCC. The fraction of sp³-hybridized carbons (Fsp3) is 0.770. The van der Waals surface area contributed by atoms with Crippen LogP contribution >= 0.6 is 7.82 Å². The van der Waals surface area contributed by atoms with Crippen molar-refractivity contribution in [1.82, 2.24) is 5.32 Å². The molecule has 0 aromatic rings. The van der Waals surface area contributed by atoms with Crippen LogP contribution in [0.15, 0.2) is 72.9 Å². The van der Waals surface area contributed by atoms with E-state index in [4.69, 9.17) is 13.8 Å². The molecule has 0 rings (SSSR count). The van der Waals surface area contributed by atoms with Gasteiger partial charge in [-0.1, -0.05) is 216 Å². The van der Waals surface area contributed by atoms with E-state index in [1.54, 1.807) is 0 Å². The molecular formula is C61H112N2O7P+. The van der Waals surface area contributed by atoms with E-state index in [1.807, 2.05) is 33.3 Å². The van der Waals surface area contributed by atoms with Gasteiger partial charge in [0.15, 0.2) is 0 Å². The second kappa shape index (κ2) is 51.0. The molecule has 0 aliphatic rings. The highest BCUT2D eigenvalue weighted by atomic mass is 31.2. The second-order valence-electron chi connectivity index (χ2n) is 20.8. The van der Waals surface area contributed by atoms with Crippen molar-refractivity contribution in [2.75, 3.05) is 40.9 Å². The Labute approximate surface area is 438 Å². The Morgan fingerprint density at radius 2 is 0.901 bits per heavy atom. The summed E-state index contributed by atoms with van der Waals surface area (Å²) in [4.78, 5) is 37.6. The van der Waals surface area contributed by atoms with Crippen molar-refractivity contribution in [1.29, 1.82) is 0 Å². The number of rotatable bonds is 52. The van der Waals surface area contributed by atoms with E-state index in [0.29, 0.717) is 17.4 Å². The first-order valence-electron chi connectivity index (χ1n) is 29.3. The lowest BCUT2D eigenvalue weighted by Crippen LogP contribution is -2.47. The highest BCUT2D eigenvalue weighted by molar-refractivity contribution is 7.47. The molecule has 0 bridgehead atoms. The van der Waals surface area contributed by atoms with Crippen LogP contribution in [0.5, 0.6) is 0 Å². The molecular weight excluding hydrogens is 904 g/mol. The average molecular weight is 1020 g/mol. The molecule has 0 aromatic heterocycles. The molecule has 0 heterocycles. The maximum Gasteiger partial charge on any atom is 0.472 e. The normalized spacial score (nSPS) is 14.3. The number of phosphoric ester groups is 1. The zero-order valence-corrected chi connectivity index (χ0v) is 47.8. The van der Waals surface area contributed by atoms with Gasteiger partial charge in [0, 0.05) is 12.8 Å². The van der Waals surface area contributed by atoms with Crippen LogP contribution in [0.4, 0.5) is 0 Å². The number of hydrogen-bond donors (Lipinski definition) is 2.